The molecule has 2 aromatic heterocycles. The summed E-state index contributed by atoms with van der Waals surface area (Å²) in [5.41, 5.74) is 7.37. The topological polar surface area (TPSA) is 94.0 Å². The molecule has 1 aliphatic rings. The van der Waals surface area contributed by atoms with Crippen LogP contribution in [0.2, 0.25) is 0 Å². The van der Waals surface area contributed by atoms with E-state index in [1.54, 1.807) is 30.3 Å². The summed E-state index contributed by atoms with van der Waals surface area (Å²) in [5, 5.41) is 6.65. The van der Waals surface area contributed by atoms with Gasteiger partial charge >= 0.3 is 0 Å². The van der Waals surface area contributed by atoms with E-state index in [-0.39, 0.29) is 23.6 Å². The molecule has 0 atom stereocenters. The molecule has 1 aliphatic carbocycles. The molecule has 0 spiro atoms. The van der Waals surface area contributed by atoms with Gasteiger partial charge in [-0.25, -0.2) is 9.37 Å². The maximum Gasteiger partial charge on any atom is 0.230 e. The Labute approximate surface area is 155 Å². The summed E-state index contributed by atoms with van der Waals surface area (Å²) in [7, 11) is 0. The first kappa shape index (κ1) is 17.2. The largest absolute Gasteiger partial charge is 0.384 e. The number of nitrogens with one attached hydrogen (secondary N) is 1. The number of hydrogen-bond donors (Lipinski definition) is 2. The third kappa shape index (κ3) is 3.67. The number of nitrogens with two attached hydrogens (primary N) is 1. The van der Waals surface area contributed by atoms with Gasteiger partial charge in [0, 0.05) is 29.3 Å². The molecule has 0 saturated heterocycles. The first-order chi connectivity index (χ1) is 12.9. The van der Waals surface area contributed by atoms with Crippen molar-refractivity contribution in [3.63, 3.8) is 0 Å². The van der Waals surface area contributed by atoms with Gasteiger partial charge in [-0.15, -0.1) is 0 Å². The van der Waals surface area contributed by atoms with Crippen LogP contribution in [0.4, 0.5) is 16.0 Å². The Hall–Kier alpha value is -3.22. The molecule has 1 fully saturated rings. The van der Waals surface area contributed by atoms with Gasteiger partial charge in [-0.05, 0) is 24.0 Å². The summed E-state index contributed by atoms with van der Waals surface area (Å²) in [4.78, 5) is 16.1. The molecule has 0 unspecified atom stereocenters. The van der Waals surface area contributed by atoms with Gasteiger partial charge < -0.3 is 15.6 Å². The number of halogens is 1. The highest BCUT2D eigenvalue weighted by Gasteiger charge is 2.42. The lowest BCUT2D eigenvalue weighted by Crippen LogP contribution is -2.14. The average Bonchev–Trinajstić information content (AvgIpc) is 3.20. The van der Waals surface area contributed by atoms with Crippen molar-refractivity contribution in [3.8, 4) is 11.1 Å². The zero-order valence-electron chi connectivity index (χ0n) is 14.8. The van der Waals surface area contributed by atoms with E-state index >= 15 is 0 Å². The molecule has 7 heteroatoms. The van der Waals surface area contributed by atoms with E-state index < -0.39 is 5.82 Å². The molecule has 0 bridgehead atoms. The van der Waals surface area contributed by atoms with Crippen LogP contribution in [-0.2, 0) is 16.6 Å². The van der Waals surface area contributed by atoms with Crippen molar-refractivity contribution in [3.05, 3.63) is 59.7 Å². The van der Waals surface area contributed by atoms with Crippen LogP contribution in [0.15, 0.2) is 47.1 Å². The molecular weight excluding hydrogens is 347 g/mol. The first-order valence-electron chi connectivity index (χ1n) is 8.70. The predicted octanol–water partition coefficient (Wildman–Crippen LogP) is 3.69. The summed E-state index contributed by atoms with van der Waals surface area (Å²) >= 11 is 0. The van der Waals surface area contributed by atoms with Crippen LogP contribution in [-0.4, -0.2) is 16.0 Å². The smallest absolute Gasteiger partial charge is 0.230 e. The van der Waals surface area contributed by atoms with Gasteiger partial charge in [-0.1, -0.05) is 36.3 Å². The Morgan fingerprint density at radius 1 is 1.30 bits per heavy atom. The minimum Gasteiger partial charge on any atom is -0.384 e. The second-order valence-corrected chi connectivity index (χ2v) is 7.15. The maximum absolute atomic E-state index is 14.0. The number of hydrogen-bond acceptors (Lipinski definition) is 5. The lowest BCUT2D eigenvalue weighted by atomic mass is 10.0. The molecule has 1 amide bonds. The zero-order chi connectivity index (χ0) is 19.0. The molecule has 2 heterocycles. The number of nitrogens with zero attached hydrogens (tertiary/aromatic N) is 2. The number of rotatable bonds is 5. The van der Waals surface area contributed by atoms with Gasteiger partial charge in [0.1, 0.15) is 17.4 Å². The molecule has 1 saturated carbocycles. The van der Waals surface area contributed by atoms with Crippen LogP contribution in [0.25, 0.3) is 11.1 Å². The van der Waals surface area contributed by atoms with E-state index in [2.05, 4.69) is 22.4 Å². The van der Waals surface area contributed by atoms with E-state index in [9.17, 15) is 9.18 Å². The standard InChI is InChI=1S/C20H19FN4O2/c1-20(6-7-20)16-10-18(25-27-16)24-19(26)8-12-2-4-13(5-3-12)14-11-23-17(22)9-15(14)21/h2-5,9-11H,6-8H2,1H3,(H2,22,23)(H,24,25,26). The highest BCUT2D eigenvalue weighted by molar-refractivity contribution is 5.91. The minimum atomic E-state index is -0.431. The van der Waals surface area contributed by atoms with Gasteiger partial charge in [0.05, 0.1) is 6.42 Å². The van der Waals surface area contributed by atoms with Gasteiger partial charge in [0.25, 0.3) is 0 Å². The summed E-state index contributed by atoms with van der Waals surface area (Å²) in [6, 6.07) is 10.0. The van der Waals surface area contributed by atoms with Crippen molar-refractivity contribution in [1.29, 1.82) is 0 Å². The number of carbonyl (C=O) groups is 1. The predicted molar refractivity (Wildman–Crippen MR) is 99.5 cm³/mol. The number of carbonyl (C=O) groups excluding carboxylic acids is 1. The second kappa shape index (κ2) is 6.50. The molecule has 6 nitrogen and oxygen atoms in total. The third-order valence-electron chi connectivity index (χ3n) is 4.88. The van der Waals surface area contributed by atoms with E-state index in [1.807, 2.05) is 0 Å². The highest BCUT2D eigenvalue weighted by atomic mass is 19.1. The fraction of sp³-hybridized carbons (Fsp3) is 0.250. The van der Waals surface area contributed by atoms with Gasteiger partial charge in [-0.2, -0.15) is 0 Å². The number of amides is 1. The van der Waals surface area contributed by atoms with Crippen molar-refractivity contribution in [1.82, 2.24) is 10.1 Å². The molecule has 3 aromatic rings. The minimum absolute atomic E-state index is 0.0675. The van der Waals surface area contributed by atoms with Gasteiger partial charge in [0.2, 0.25) is 5.91 Å². The molecule has 4 rings (SSSR count). The van der Waals surface area contributed by atoms with Crippen LogP contribution in [0, 0.1) is 5.82 Å². The van der Waals surface area contributed by atoms with E-state index in [0.717, 1.165) is 24.2 Å². The van der Waals surface area contributed by atoms with Crippen LogP contribution < -0.4 is 11.1 Å². The Morgan fingerprint density at radius 3 is 2.70 bits per heavy atom. The molecular formula is C20H19FN4O2. The van der Waals surface area contributed by atoms with Crippen LogP contribution in [0.3, 0.4) is 0 Å². The highest BCUT2D eigenvalue weighted by Crippen LogP contribution is 2.48. The molecule has 0 radical (unpaired) electrons. The molecule has 3 N–H and O–H groups in total. The monoisotopic (exact) mass is 366 g/mol. The van der Waals surface area contributed by atoms with Crippen molar-refractivity contribution in [2.45, 2.75) is 31.6 Å². The van der Waals surface area contributed by atoms with E-state index in [0.29, 0.717) is 16.9 Å². The van der Waals surface area contributed by atoms with Gasteiger partial charge in [-0.3, -0.25) is 4.79 Å². The van der Waals surface area contributed by atoms with Crippen molar-refractivity contribution >= 4 is 17.5 Å². The Morgan fingerprint density at radius 2 is 2.04 bits per heavy atom. The lowest BCUT2D eigenvalue weighted by Gasteiger charge is -2.06. The number of benzene rings is 1. The number of nitrogen functional groups attached to an aromatic ring is 1. The molecule has 138 valence electrons. The summed E-state index contributed by atoms with van der Waals surface area (Å²) < 4.78 is 19.3. The SMILES string of the molecule is CC1(c2cc(NC(=O)Cc3ccc(-c4cnc(N)cc4F)cc3)no2)CC1. The molecule has 0 aliphatic heterocycles. The normalized spacial score (nSPS) is 14.7. The van der Waals surface area contributed by atoms with Crippen LogP contribution in [0.5, 0.6) is 0 Å². The van der Waals surface area contributed by atoms with Crippen LogP contribution >= 0.6 is 0 Å². The van der Waals surface area contributed by atoms with Gasteiger partial charge in [0.15, 0.2) is 5.82 Å². The van der Waals surface area contributed by atoms with E-state index in [1.165, 1.54) is 12.3 Å². The van der Waals surface area contributed by atoms with E-state index in [4.69, 9.17) is 10.3 Å². The first-order valence-corrected chi connectivity index (χ1v) is 8.70. The summed E-state index contributed by atoms with van der Waals surface area (Å²) in [6.07, 6.45) is 3.73. The van der Waals surface area contributed by atoms with Crippen molar-refractivity contribution < 1.29 is 13.7 Å². The number of anilines is 2. The Kier molecular flexibility index (Phi) is 4.14. The van der Waals surface area contributed by atoms with Crippen molar-refractivity contribution in [2.24, 2.45) is 0 Å². The number of aromatic nitrogens is 2. The quantitative estimate of drug-likeness (QED) is 0.718. The van der Waals surface area contributed by atoms with Crippen LogP contribution in [0.1, 0.15) is 31.1 Å². The lowest BCUT2D eigenvalue weighted by molar-refractivity contribution is -0.115. The average molecular weight is 366 g/mol. The second-order valence-electron chi connectivity index (χ2n) is 7.15. The molecule has 27 heavy (non-hydrogen) atoms. The zero-order valence-corrected chi connectivity index (χ0v) is 14.8. The molecule has 1 aromatic carbocycles. The fourth-order valence-electron chi connectivity index (χ4n) is 2.89. The van der Waals surface area contributed by atoms with Crippen molar-refractivity contribution in [2.75, 3.05) is 11.1 Å². The fourth-order valence-corrected chi connectivity index (χ4v) is 2.89. The Bertz CT molecular complexity index is 993. The third-order valence-corrected chi connectivity index (χ3v) is 4.88. The summed E-state index contributed by atoms with van der Waals surface area (Å²) in [6.45, 7) is 2.11. The summed E-state index contributed by atoms with van der Waals surface area (Å²) in [5.74, 6) is 0.746. The Balaban J connectivity index is 1.40. The number of pyridine rings is 1. The maximum atomic E-state index is 14.0.